The van der Waals surface area contributed by atoms with E-state index < -0.39 is 23.2 Å². The number of piperazine rings is 1. The van der Waals surface area contributed by atoms with Crippen molar-refractivity contribution in [3.8, 4) is 5.75 Å². The molecule has 0 radical (unpaired) electrons. The summed E-state index contributed by atoms with van der Waals surface area (Å²) in [5.41, 5.74) is 7.28. The van der Waals surface area contributed by atoms with Gasteiger partial charge in [0.25, 0.3) is 5.91 Å². The molecule has 3 aromatic rings. The summed E-state index contributed by atoms with van der Waals surface area (Å²) in [4.78, 5) is 30.9. The van der Waals surface area contributed by atoms with Crippen molar-refractivity contribution < 1.29 is 27.5 Å². The molecular formula is C37H40F3N3O3. The highest BCUT2D eigenvalue weighted by atomic mass is 19.2. The van der Waals surface area contributed by atoms with E-state index in [1.165, 1.54) is 11.1 Å². The second-order valence-corrected chi connectivity index (χ2v) is 12.8. The maximum Gasteiger partial charge on any atom is 0.252 e. The number of benzene rings is 3. The lowest BCUT2D eigenvalue weighted by atomic mass is 9.82. The minimum absolute atomic E-state index is 0.0115. The Morgan fingerprint density at radius 2 is 1.72 bits per heavy atom. The molecule has 0 spiro atoms. The quantitative estimate of drug-likeness (QED) is 0.212. The molecule has 2 aliphatic heterocycles. The molecule has 1 N–H and O–H groups in total. The third-order valence-corrected chi connectivity index (χ3v) is 9.55. The van der Waals surface area contributed by atoms with Gasteiger partial charge in [-0.05, 0) is 91.5 Å². The zero-order valence-corrected chi connectivity index (χ0v) is 26.5. The number of hydrogen-bond acceptors (Lipinski definition) is 4. The van der Waals surface area contributed by atoms with Crippen LogP contribution in [0.5, 0.6) is 5.75 Å². The largest absolute Gasteiger partial charge is 0.488 e. The average Bonchev–Trinajstić information content (AvgIpc) is 3.88. The molecule has 1 saturated carbocycles. The molecule has 2 bridgehead atoms. The average molecular weight is 632 g/mol. The normalized spacial score (nSPS) is 19.3. The van der Waals surface area contributed by atoms with Crippen molar-refractivity contribution in [2.75, 3.05) is 19.7 Å². The van der Waals surface area contributed by atoms with Gasteiger partial charge in [-0.3, -0.25) is 9.59 Å². The predicted molar refractivity (Wildman–Crippen MR) is 171 cm³/mol. The minimum Gasteiger partial charge on any atom is -0.488 e. The number of nitrogens with zero attached hydrogens (tertiary/aromatic N) is 2. The van der Waals surface area contributed by atoms with E-state index in [1.54, 1.807) is 6.92 Å². The molecule has 0 aromatic heterocycles. The number of aryl methyl sites for hydroxylation is 2. The van der Waals surface area contributed by atoms with Crippen LogP contribution in [-0.2, 0) is 22.6 Å². The van der Waals surface area contributed by atoms with Crippen molar-refractivity contribution >= 4 is 17.4 Å². The third-order valence-electron chi connectivity index (χ3n) is 9.55. The first-order chi connectivity index (χ1) is 22.1. The Labute approximate surface area is 268 Å². The van der Waals surface area contributed by atoms with Crippen molar-refractivity contribution in [2.45, 2.75) is 77.5 Å². The van der Waals surface area contributed by atoms with Crippen molar-refractivity contribution in [1.82, 2.24) is 15.1 Å². The van der Waals surface area contributed by atoms with Gasteiger partial charge in [-0.2, -0.15) is 4.39 Å². The lowest BCUT2D eigenvalue weighted by Crippen LogP contribution is -2.61. The number of fused-ring (bicyclic) bond motifs is 2. The molecule has 2 atom stereocenters. The number of carbonyl (C=O) groups is 2. The zero-order chi connectivity index (χ0) is 32.5. The number of halogens is 3. The van der Waals surface area contributed by atoms with Gasteiger partial charge in [0.05, 0.1) is 12.6 Å². The summed E-state index contributed by atoms with van der Waals surface area (Å²) in [7, 11) is 0. The number of hydrogen-bond donors (Lipinski definition) is 1. The SMILES string of the molecule is CC(=O)N1CC2CC(c3ccc(CCCOc4c(F)ccc(F)c4F)cc3)=C(C(=O)N(Cc3cccc(C)c3C)C3CC3)C(C1)N2. The summed E-state index contributed by atoms with van der Waals surface area (Å²) in [5.74, 6) is -4.07. The molecule has 3 aliphatic rings. The highest BCUT2D eigenvalue weighted by Crippen LogP contribution is 2.38. The Balaban J connectivity index is 1.24. The van der Waals surface area contributed by atoms with E-state index in [0.717, 1.165) is 52.8 Å². The van der Waals surface area contributed by atoms with Crippen molar-refractivity contribution in [3.63, 3.8) is 0 Å². The van der Waals surface area contributed by atoms with E-state index in [2.05, 4.69) is 31.3 Å². The summed E-state index contributed by atoms with van der Waals surface area (Å²) in [6.07, 6.45) is 3.66. The van der Waals surface area contributed by atoms with E-state index in [-0.39, 0.29) is 36.5 Å². The van der Waals surface area contributed by atoms with Gasteiger partial charge in [-0.25, -0.2) is 8.78 Å². The molecule has 2 heterocycles. The van der Waals surface area contributed by atoms with Crippen LogP contribution >= 0.6 is 0 Å². The van der Waals surface area contributed by atoms with E-state index in [1.807, 2.05) is 40.1 Å². The predicted octanol–water partition coefficient (Wildman–Crippen LogP) is 6.27. The fraction of sp³-hybridized carbons (Fsp3) is 0.405. The van der Waals surface area contributed by atoms with Crippen LogP contribution in [0.1, 0.15) is 60.4 Å². The molecule has 6 nitrogen and oxygen atoms in total. The lowest BCUT2D eigenvalue weighted by Gasteiger charge is -2.44. The molecule has 1 aliphatic carbocycles. The highest BCUT2D eigenvalue weighted by molar-refractivity contribution is 6.03. The van der Waals surface area contributed by atoms with E-state index in [4.69, 9.17) is 4.74 Å². The Kier molecular flexibility index (Phi) is 9.22. The summed E-state index contributed by atoms with van der Waals surface area (Å²) in [6, 6.07) is 15.9. The molecular weight excluding hydrogens is 591 g/mol. The second-order valence-electron chi connectivity index (χ2n) is 12.8. The topological polar surface area (TPSA) is 61.9 Å². The molecule has 2 fully saturated rings. The molecule has 2 amide bonds. The fourth-order valence-corrected chi connectivity index (χ4v) is 6.66. The van der Waals surface area contributed by atoms with Crippen LogP contribution in [-0.4, -0.2) is 59.4 Å². The van der Waals surface area contributed by atoms with Crippen LogP contribution in [0.4, 0.5) is 13.2 Å². The molecule has 9 heteroatoms. The number of ether oxygens (including phenoxy) is 1. The summed E-state index contributed by atoms with van der Waals surface area (Å²) in [5, 5.41) is 3.65. The molecule has 1 saturated heterocycles. The van der Waals surface area contributed by atoms with Crippen LogP contribution in [0.15, 0.2) is 60.2 Å². The number of rotatable bonds is 10. The third kappa shape index (κ3) is 6.70. The van der Waals surface area contributed by atoms with Crippen LogP contribution in [0.25, 0.3) is 5.57 Å². The van der Waals surface area contributed by atoms with Gasteiger partial charge in [-0.1, -0.05) is 42.5 Å². The van der Waals surface area contributed by atoms with Crippen molar-refractivity contribution in [1.29, 1.82) is 0 Å². The number of amides is 2. The minimum atomic E-state index is -1.32. The van der Waals surface area contributed by atoms with Gasteiger partial charge in [0, 0.05) is 44.2 Å². The highest BCUT2D eigenvalue weighted by Gasteiger charge is 2.43. The summed E-state index contributed by atoms with van der Waals surface area (Å²) < 4.78 is 46.5. The van der Waals surface area contributed by atoms with Crippen LogP contribution < -0.4 is 10.1 Å². The second kappa shape index (κ2) is 13.3. The van der Waals surface area contributed by atoms with Gasteiger partial charge < -0.3 is 19.9 Å². The van der Waals surface area contributed by atoms with Gasteiger partial charge in [0.1, 0.15) is 0 Å². The molecule has 242 valence electrons. The standard InChI is InChI=1S/C37H40F3N3O3/c1-22-6-4-8-27(23(22)2)19-43(29-13-14-29)37(45)34-30(18-28-20-42(24(3)44)21-33(34)41-28)26-11-9-25(10-12-26)7-5-17-46-36-32(39)16-15-31(38)35(36)40/h4,6,8-12,15-16,28-29,33,41H,5,7,13-14,17-21H2,1-3H3. The van der Waals surface area contributed by atoms with E-state index in [9.17, 15) is 22.8 Å². The first kappa shape index (κ1) is 31.9. The van der Waals surface area contributed by atoms with Gasteiger partial charge in [0.15, 0.2) is 17.4 Å². The van der Waals surface area contributed by atoms with E-state index in [0.29, 0.717) is 38.9 Å². The lowest BCUT2D eigenvalue weighted by molar-refractivity contribution is -0.132. The molecule has 2 unspecified atom stereocenters. The Morgan fingerprint density at radius 1 is 0.978 bits per heavy atom. The van der Waals surface area contributed by atoms with E-state index >= 15 is 0 Å². The van der Waals surface area contributed by atoms with Gasteiger partial charge >= 0.3 is 0 Å². The molecule has 6 rings (SSSR count). The first-order valence-corrected chi connectivity index (χ1v) is 16.1. The van der Waals surface area contributed by atoms with Crippen molar-refractivity contribution in [3.05, 3.63) is 105 Å². The van der Waals surface area contributed by atoms with Crippen LogP contribution in [0.2, 0.25) is 0 Å². The maximum atomic E-state index is 14.6. The molecule has 3 aromatic carbocycles. The summed E-state index contributed by atoms with van der Waals surface area (Å²) in [6.45, 7) is 7.40. The monoisotopic (exact) mass is 631 g/mol. The van der Waals surface area contributed by atoms with Gasteiger partial charge in [0.2, 0.25) is 11.7 Å². The number of nitrogens with one attached hydrogen (secondary N) is 1. The Morgan fingerprint density at radius 3 is 2.43 bits per heavy atom. The zero-order valence-electron chi connectivity index (χ0n) is 26.5. The number of carbonyl (C=O) groups excluding carboxylic acids is 2. The Bertz CT molecular complexity index is 1670. The smallest absolute Gasteiger partial charge is 0.252 e. The molecule has 46 heavy (non-hydrogen) atoms. The first-order valence-electron chi connectivity index (χ1n) is 16.1. The van der Waals surface area contributed by atoms with Crippen LogP contribution in [0, 0.1) is 31.3 Å². The van der Waals surface area contributed by atoms with Crippen LogP contribution in [0.3, 0.4) is 0 Å². The maximum absolute atomic E-state index is 14.6. The van der Waals surface area contributed by atoms with Crippen molar-refractivity contribution in [2.24, 2.45) is 0 Å². The fourth-order valence-electron chi connectivity index (χ4n) is 6.66. The Hall–Kier alpha value is -4.11. The summed E-state index contributed by atoms with van der Waals surface area (Å²) >= 11 is 0. The van der Waals surface area contributed by atoms with Gasteiger partial charge in [-0.15, -0.1) is 0 Å².